The van der Waals surface area contributed by atoms with Crippen LogP contribution in [0.25, 0.3) is 0 Å². The minimum absolute atomic E-state index is 0.127. The fraction of sp³-hybridized carbons (Fsp3) is 0.917. The number of ether oxygens (including phenoxy) is 2. The SMILES string of the molecule is CCCCC(CCCC)COC(=O)CCC(=O)OCC(CCCC)CCCC. The van der Waals surface area contributed by atoms with E-state index in [0.717, 1.165) is 25.7 Å². The lowest BCUT2D eigenvalue weighted by Gasteiger charge is -2.17. The smallest absolute Gasteiger partial charge is 0.306 e. The van der Waals surface area contributed by atoms with Gasteiger partial charge in [0.05, 0.1) is 26.1 Å². The van der Waals surface area contributed by atoms with E-state index in [9.17, 15) is 9.59 Å². The molecule has 0 bridgehead atoms. The molecule has 0 saturated carbocycles. The second-order valence-corrected chi connectivity index (χ2v) is 8.17. The number of hydrogen-bond acceptors (Lipinski definition) is 4. The summed E-state index contributed by atoms with van der Waals surface area (Å²) in [6.07, 6.45) is 14.1. The summed E-state index contributed by atoms with van der Waals surface area (Å²) in [4.78, 5) is 24.0. The molecular weight excluding hydrogens is 352 g/mol. The second kappa shape index (κ2) is 19.3. The number of hydrogen-bond donors (Lipinski definition) is 0. The van der Waals surface area contributed by atoms with Crippen molar-refractivity contribution in [3.8, 4) is 0 Å². The number of carbonyl (C=O) groups excluding carboxylic acids is 2. The topological polar surface area (TPSA) is 52.6 Å². The van der Waals surface area contributed by atoms with Crippen LogP contribution in [0.4, 0.5) is 0 Å². The van der Waals surface area contributed by atoms with Crippen molar-refractivity contribution in [3.05, 3.63) is 0 Å². The Bertz CT molecular complexity index is 329. The molecule has 4 nitrogen and oxygen atoms in total. The minimum Gasteiger partial charge on any atom is -0.465 e. The zero-order valence-corrected chi connectivity index (χ0v) is 19.1. The first-order valence-electron chi connectivity index (χ1n) is 11.9. The van der Waals surface area contributed by atoms with Gasteiger partial charge in [0.1, 0.15) is 0 Å². The predicted molar refractivity (Wildman–Crippen MR) is 116 cm³/mol. The van der Waals surface area contributed by atoms with Gasteiger partial charge < -0.3 is 9.47 Å². The van der Waals surface area contributed by atoms with E-state index >= 15 is 0 Å². The van der Waals surface area contributed by atoms with Crippen LogP contribution in [0.1, 0.15) is 118 Å². The summed E-state index contributed by atoms with van der Waals surface area (Å²) in [5.41, 5.74) is 0. The van der Waals surface area contributed by atoms with E-state index < -0.39 is 0 Å². The molecule has 4 heteroatoms. The lowest BCUT2D eigenvalue weighted by molar-refractivity contribution is -0.152. The van der Waals surface area contributed by atoms with Crippen LogP contribution in [0.5, 0.6) is 0 Å². The Morgan fingerprint density at radius 1 is 0.571 bits per heavy atom. The highest BCUT2D eigenvalue weighted by molar-refractivity contribution is 5.77. The molecule has 0 saturated heterocycles. The summed E-state index contributed by atoms with van der Waals surface area (Å²) < 4.78 is 10.9. The Labute approximate surface area is 174 Å². The Morgan fingerprint density at radius 2 is 0.857 bits per heavy atom. The second-order valence-electron chi connectivity index (χ2n) is 8.17. The third-order valence-electron chi connectivity index (χ3n) is 5.36. The summed E-state index contributed by atoms with van der Waals surface area (Å²) in [5, 5.41) is 0. The van der Waals surface area contributed by atoms with Gasteiger partial charge in [-0.2, -0.15) is 0 Å². The standard InChI is InChI=1S/C24H46O4/c1-5-9-13-21(14-10-6-2)19-27-23(25)17-18-24(26)28-20-22(15-11-7-3)16-12-8-4/h21-22H,5-20H2,1-4H3. The highest BCUT2D eigenvalue weighted by Gasteiger charge is 2.15. The largest absolute Gasteiger partial charge is 0.465 e. The molecule has 0 fully saturated rings. The normalized spacial score (nSPS) is 11.2. The minimum atomic E-state index is -0.275. The predicted octanol–water partition coefficient (Wildman–Crippen LogP) is 6.85. The van der Waals surface area contributed by atoms with Gasteiger partial charge in [0.15, 0.2) is 0 Å². The molecule has 0 aromatic heterocycles. The van der Waals surface area contributed by atoms with Crippen LogP contribution in [-0.4, -0.2) is 25.2 Å². The van der Waals surface area contributed by atoms with E-state index in [1.54, 1.807) is 0 Å². The molecule has 0 aromatic rings. The Morgan fingerprint density at radius 3 is 1.11 bits per heavy atom. The molecule has 0 heterocycles. The molecule has 0 spiro atoms. The Kier molecular flexibility index (Phi) is 18.5. The van der Waals surface area contributed by atoms with E-state index in [-0.39, 0.29) is 24.8 Å². The number of unbranched alkanes of at least 4 members (excludes halogenated alkanes) is 4. The van der Waals surface area contributed by atoms with Gasteiger partial charge in [-0.1, -0.05) is 79.1 Å². The fourth-order valence-corrected chi connectivity index (χ4v) is 3.36. The lowest BCUT2D eigenvalue weighted by atomic mass is 9.97. The van der Waals surface area contributed by atoms with Gasteiger partial charge in [0, 0.05) is 0 Å². The molecule has 0 aliphatic heterocycles. The molecule has 0 rings (SSSR count). The van der Waals surface area contributed by atoms with Crippen LogP contribution < -0.4 is 0 Å². The van der Waals surface area contributed by atoms with Crippen molar-refractivity contribution >= 4 is 11.9 Å². The highest BCUT2D eigenvalue weighted by Crippen LogP contribution is 2.18. The first-order chi connectivity index (χ1) is 13.6. The number of esters is 2. The van der Waals surface area contributed by atoms with E-state index in [4.69, 9.17) is 9.47 Å². The third-order valence-corrected chi connectivity index (χ3v) is 5.36. The average molecular weight is 399 g/mol. The quantitative estimate of drug-likeness (QED) is 0.223. The van der Waals surface area contributed by atoms with Gasteiger partial charge in [-0.3, -0.25) is 9.59 Å². The van der Waals surface area contributed by atoms with Crippen LogP contribution >= 0.6 is 0 Å². The number of carbonyl (C=O) groups is 2. The summed E-state index contributed by atoms with van der Waals surface area (Å²) in [6, 6.07) is 0. The van der Waals surface area contributed by atoms with Gasteiger partial charge >= 0.3 is 11.9 Å². The van der Waals surface area contributed by atoms with Crippen molar-refractivity contribution in [3.63, 3.8) is 0 Å². The maximum absolute atomic E-state index is 12.0. The highest BCUT2D eigenvalue weighted by atomic mass is 16.5. The fourth-order valence-electron chi connectivity index (χ4n) is 3.36. The van der Waals surface area contributed by atoms with Gasteiger partial charge in [0.2, 0.25) is 0 Å². The summed E-state index contributed by atoms with van der Waals surface area (Å²) in [5.74, 6) is 0.356. The monoisotopic (exact) mass is 398 g/mol. The molecular formula is C24H46O4. The van der Waals surface area contributed by atoms with Gasteiger partial charge in [0.25, 0.3) is 0 Å². The Balaban J connectivity index is 4.08. The first kappa shape index (κ1) is 26.9. The molecule has 0 aliphatic rings. The summed E-state index contributed by atoms with van der Waals surface area (Å²) in [7, 11) is 0. The Hall–Kier alpha value is -1.06. The average Bonchev–Trinajstić information content (AvgIpc) is 2.71. The van der Waals surface area contributed by atoms with Gasteiger partial charge in [-0.15, -0.1) is 0 Å². The number of rotatable bonds is 19. The molecule has 0 atom stereocenters. The first-order valence-corrected chi connectivity index (χ1v) is 11.9. The third kappa shape index (κ3) is 15.9. The van der Waals surface area contributed by atoms with Crippen molar-refractivity contribution < 1.29 is 19.1 Å². The molecule has 28 heavy (non-hydrogen) atoms. The van der Waals surface area contributed by atoms with E-state index in [2.05, 4.69) is 27.7 Å². The van der Waals surface area contributed by atoms with Crippen molar-refractivity contribution in [2.24, 2.45) is 11.8 Å². The molecule has 0 unspecified atom stereocenters. The van der Waals surface area contributed by atoms with Crippen LogP contribution in [0, 0.1) is 11.8 Å². The van der Waals surface area contributed by atoms with E-state index in [1.165, 1.54) is 51.4 Å². The maximum atomic E-state index is 12.0. The van der Waals surface area contributed by atoms with Crippen LogP contribution in [0.15, 0.2) is 0 Å². The van der Waals surface area contributed by atoms with Crippen LogP contribution in [0.2, 0.25) is 0 Å². The molecule has 0 amide bonds. The van der Waals surface area contributed by atoms with Crippen molar-refractivity contribution in [1.29, 1.82) is 0 Å². The maximum Gasteiger partial charge on any atom is 0.306 e. The van der Waals surface area contributed by atoms with Crippen molar-refractivity contribution in [2.75, 3.05) is 13.2 Å². The van der Waals surface area contributed by atoms with Gasteiger partial charge in [-0.25, -0.2) is 0 Å². The zero-order valence-electron chi connectivity index (χ0n) is 19.1. The molecule has 166 valence electrons. The van der Waals surface area contributed by atoms with Crippen molar-refractivity contribution in [1.82, 2.24) is 0 Å². The summed E-state index contributed by atoms with van der Waals surface area (Å²) >= 11 is 0. The van der Waals surface area contributed by atoms with Crippen LogP contribution in [-0.2, 0) is 19.1 Å². The zero-order chi connectivity index (χ0) is 21.0. The molecule has 0 aliphatic carbocycles. The van der Waals surface area contributed by atoms with Crippen LogP contribution in [0.3, 0.4) is 0 Å². The molecule has 0 aromatic carbocycles. The van der Waals surface area contributed by atoms with E-state index in [1.807, 2.05) is 0 Å². The van der Waals surface area contributed by atoms with E-state index in [0.29, 0.717) is 25.0 Å². The molecule has 0 radical (unpaired) electrons. The van der Waals surface area contributed by atoms with Crippen molar-refractivity contribution in [2.45, 2.75) is 118 Å². The van der Waals surface area contributed by atoms with Gasteiger partial charge in [-0.05, 0) is 37.5 Å². The molecule has 0 N–H and O–H groups in total. The lowest BCUT2D eigenvalue weighted by Crippen LogP contribution is -2.17. The summed E-state index contributed by atoms with van der Waals surface area (Å²) in [6.45, 7) is 9.72.